The number of rotatable bonds is 5. The molecule has 1 unspecified atom stereocenters. The number of hydrogen-bond donors (Lipinski definition) is 3. The van der Waals surface area contributed by atoms with Gasteiger partial charge in [0.2, 0.25) is 11.8 Å². The SMILES string of the molecule is CSCC(C)(O)CNC(=O)[C@@H]1CCC(=O)N1. The van der Waals surface area contributed by atoms with Gasteiger partial charge in [-0.05, 0) is 19.6 Å². The van der Waals surface area contributed by atoms with Gasteiger partial charge in [0, 0.05) is 18.7 Å². The molecule has 3 N–H and O–H groups in total. The Kier molecular flexibility index (Phi) is 4.61. The Hall–Kier alpha value is -0.750. The summed E-state index contributed by atoms with van der Waals surface area (Å²) in [7, 11) is 0. The second-order valence-electron chi connectivity index (χ2n) is 4.31. The second kappa shape index (κ2) is 5.54. The molecule has 0 radical (unpaired) electrons. The number of thioether (sulfide) groups is 1. The van der Waals surface area contributed by atoms with E-state index < -0.39 is 11.6 Å². The normalized spacial score (nSPS) is 23.7. The molecule has 0 aromatic carbocycles. The Bertz CT molecular complexity index is 281. The number of carbonyl (C=O) groups excluding carboxylic acids is 2. The van der Waals surface area contributed by atoms with Gasteiger partial charge in [0.15, 0.2) is 0 Å². The van der Waals surface area contributed by atoms with Gasteiger partial charge in [-0.3, -0.25) is 9.59 Å². The van der Waals surface area contributed by atoms with Gasteiger partial charge in [-0.25, -0.2) is 0 Å². The lowest BCUT2D eigenvalue weighted by molar-refractivity contribution is -0.126. The lowest BCUT2D eigenvalue weighted by Gasteiger charge is -2.23. The Morgan fingerprint density at radius 3 is 2.94 bits per heavy atom. The molecular formula is C10H18N2O3S. The summed E-state index contributed by atoms with van der Waals surface area (Å²) in [6.45, 7) is 1.88. The summed E-state index contributed by atoms with van der Waals surface area (Å²) in [4.78, 5) is 22.5. The van der Waals surface area contributed by atoms with Gasteiger partial charge in [-0.15, -0.1) is 0 Å². The van der Waals surface area contributed by atoms with E-state index in [9.17, 15) is 14.7 Å². The van der Waals surface area contributed by atoms with Gasteiger partial charge in [0.1, 0.15) is 6.04 Å². The number of aliphatic hydroxyl groups is 1. The van der Waals surface area contributed by atoms with Crippen molar-refractivity contribution < 1.29 is 14.7 Å². The van der Waals surface area contributed by atoms with Crippen molar-refractivity contribution in [1.82, 2.24) is 10.6 Å². The van der Waals surface area contributed by atoms with E-state index in [2.05, 4.69) is 10.6 Å². The molecule has 2 atom stereocenters. The zero-order valence-corrected chi connectivity index (χ0v) is 10.4. The van der Waals surface area contributed by atoms with E-state index in [0.717, 1.165) is 0 Å². The standard InChI is InChI=1S/C10H18N2O3S/c1-10(15,6-16-2)5-11-9(14)7-3-4-8(13)12-7/h7,15H,3-6H2,1-2H3,(H,11,14)(H,12,13)/t7-,10?/m0/s1. The largest absolute Gasteiger partial charge is 0.387 e. The maximum Gasteiger partial charge on any atom is 0.242 e. The Morgan fingerprint density at radius 1 is 1.75 bits per heavy atom. The molecule has 0 spiro atoms. The predicted molar refractivity (Wildman–Crippen MR) is 63.2 cm³/mol. The molecule has 0 saturated carbocycles. The zero-order chi connectivity index (χ0) is 12.2. The molecule has 0 aromatic heterocycles. The summed E-state index contributed by atoms with van der Waals surface area (Å²) >= 11 is 1.52. The van der Waals surface area contributed by atoms with Crippen LogP contribution in [0.5, 0.6) is 0 Å². The molecule has 1 saturated heterocycles. The first-order chi connectivity index (χ1) is 7.44. The summed E-state index contributed by atoms with van der Waals surface area (Å²) < 4.78 is 0. The number of hydrogen-bond acceptors (Lipinski definition) is 4. The molecule has 1 aliphatic heterocycles. The highest BCUT2D eigenvalue weighted by molar-refractivity contribution is 7.98. The van der Waals surface area contributed by atoms with Gasteiger partial charge in [-0.1, -0.05) is 0 Å². The maximum atomic E-state index is 11.6. The van der Waals surface area contributed by atoms with Gasteiger partial charge in [0.25, 0.3) is 0 Å². The molecule has 1 fully saturated rings. The Labute approximate surface area is 99.4 Å². The van der Waals surface area contributed by atoms with Crippen molar-refractivity contribution in [3.8, 4) is 0 Å². The molecule has 1 aliphatic rings. The van der Waals surface area contributed by atoms with E-state index in [0.29, 0.717) is 18.6 Å². The van der Waals surface area contributed by atoms with Crippen molar-refractivity contribution in [1.29, 1.82) is 0 Å². The maximum absolute atomic E-state index is 11.6. The van der Waals surface area contributed by atoms with Crippen LogP contribution in [0.4, 0.5) is 0 Å². The minimum absolute atomic E-state index is 0.0870. The van der Waals surface area contributed by atoms with E-state index in [-0.39, 0.29) is 18.4 Å². The Balaban J connectivity index is 2.32. The van der Waals surface area contributed by atoms with Crippen molar-refractivity contribution in [2.45, 2.75) is 31.4 Å². The molecule has 0 bridgehead atoms. The monoisotopic (exact) mass is 246 g/mol. The summed E-state index contributed by atoms with van der Waals surface area (Å²) in [5, 5.41) is 15.1. The van der Waals surface area contributed by atoms with Crippen molar-refractivity contribution in [2.75, 3.05) is 18.6 Å². The molecule has 5 nitrogen and oxygen atoms in total. The summed E-state index contributed by atoms with van der Waals surface area (Å²) in [5.41, 5.74) is -0.905. The van der Waals surface area contributed by atoms with Crippen LogP contribution >= 0.6 is 11.8 Å². The third-order valence-electron chi connectivity index (χ3n) is 2.41. The number of carbonyl (C=O) groups is 2. The zero-order valence-electron chi connectivity index (χ0n) is 9.58. The summed E-state index contributed by atoms with van der Waals surface area (Å²) in [5.74, 6) is 0.257. The van der Waals surface area contributed by atoms with Crippen LogP contribution in [0.15, 0.2) is 0 Å². The van der Waals surface area contributed by atoms with Gasteiger partial charge in [0.05, 0.1) is 5.60 Å². The van der Waals surface area contributed by atoms with E-state index in [1.165, 1.54) is 11.8 Å². The average Bonchev–Trinajstić information content (AvgIpc) is 2.61. The first kappa shape index (κ1) is 13.3. The fraction of sp³-hybridized carbons (Fsp3) is 0.800. The van der Waals surface area contributed by atoms with Crippen molar-refractivity contribution in [2.24, 2.45) is 0 Å². The predicted octanol–water partition coefficient (Wildman–Crippen LogP) is -0.505. The molecule has 0 aromatic rings. The van der Waals surface area contributed by atoms with E-state index in [1.807, 2.05) is 6.26 Å². The molecular weight excluding hydrogens is 228 g/mol. The van der Waals surface area contributed by atoms with Crippen LogP contribution in [0.25, 0.3) is 0 Å². The van der Waals surface area contributed by atoms with Crippen molar-refractivity contribution in [3.05, 3.63) is 0 Å². The third-order valence-corrected chi connectivity index (χ3v) is 3.32. The van der Waals surface area contributed by atoms with Crippen LogP contribution in [0.2, 0.25) is 0 Å². The Morgan fingerprint density at radius 2 is 2.44 bits per heavy atom. The van der Waals surface area contributed by atoms with Crippen molar-refractivity contribution >= 4 is 23.6 Å². The lowest BCUT2D eigenvalue weighted by atomic mass is 10.1. The van der Waals surface area contributed by atoms with Crippen LogP contribution in [0, 0.1) is 0 Å². The molecule has 16 heavy (non-hydrogen) atoms. The highest BCUT2D eigenvalue weighted by Crippen LogP contribution is 2.10. The van der Waals surface area contributed by atoms with E-state index in [4.69, 9.17) is 0 Å². The smallest absolute Gasteiger partial charge is 0.242 e. The lowest BCUT2D eigenvalue weighted by Crippen LogP contribution is -2.48. The fourth-order valence-electron chi connectivity index (χ4n) is 1.57. The first-order valence-corrected chi connectivity index (χ1v) is 6.62. The molecule has 2 amide bonds. The molecule has 0 aliphatic carbocycles. The number of nitrogens with one attached hydrogen (secondary N) is 2. The average molecular weight is 246 g/mol. The van der Waals surface area contributed by atoms with Gasteiger partial charge < -0.3 is 15.7 Å². The molecule has 6 heteroatoms. The second-order valence-corrected chi connectivity index (χ2v) is 5.17. The molecule has 1 heterocycles. The summed E-state index contributed by atoms with van der Waals surface area (Å²) in [6.07, 6.45) is 2.84. The van der Waals surface area contributed by atoms with Crippen LogP contribution in [0.3, 0.4) is 0 Å². The molecule has 92 valence electrons. The van der Waals surface area contributed by atoms with Crippen molar-refractivity contribution in [3.63, 3.8) is 0 Å². The van der Waals surface area contributed by atoms with Crippen LogP contribution in [0.1, 0.15) is 19.8 Å². The van der Waals surface area contributed by atoms with Crippen LogP contribution in [-0.4, -0.2) is 47.1 Å². The third kappa shape index (κ3) is 4.02. The highest BCUT2D eigenvalue weighted by Gasteiger charge is 2.28. The van der Waals surface area contributed by atoms with Crippen LogP contribution in [-0.2, 0) is 9.59 Å². The summed E-state index contributed by atoms with van der Waals surface area (Å²) in [6, 6.07) is -0.433. The van der Waals surface area contributed by atoms with E-state index in [1.54, 1.807) is 6.92 Å². The minimum Gasteiger partial charge on any atom is -0.387 e. The first-order valence-electron chi connectivity index (χ1n) is 5.23. The number of amides is 2. The van der Waals surface area contributed by atoms with Gasteiger partial charge in [-0.2, -0.15) is 11.8 Å². The minimum atomic E-state index is -0.905. The topological polar surface area (TPSA) is 78.4 Å². The quantitative estimate of drug-likeness (QED) is 0.611. The van der Waals surface area contributed by atoms with Crippen LogP contribution < -0.4 is 10.6 Å². The molecule has 1 rings (SSSR count). The highest BCUT2D eigenvalue weighted by atomic mass is 32.2. The van der Waals surface area contributed by atoms with Gasteiger partial charge >= 0.3 is 0 Å². The van der Waals surface area contributed by atoms with E-state index >= 15 is 0 Å². The fourth-order valence-corrected chi connectivity index (χ4v) is 2.30.